The Hall–Kier alpha value is -2.82. The van der Waals surface area contributed by atoms with Crippen LogP contribution in [0.25, 0.3) is 11.0 Å². The van der Waals surface area contributed by atoms with Gasteiger partial charge >= 0.3 is 5.69 Å². The number of imidazole rings is 1. The molecule has 0 saturated heterocycles. The van der Waals surface area contributed by atoms with Gasteiger partial charge in [-0.3, -0.25) is 4.79 Å². The summed E-state index contributed by atoms with van der Waals surface area (Å²) >= 11 is 0. The maximum Gasteiger partial charge on any atom is 0.323 e. The SMILES string of the molecule is Cc1ccc(N)c(C(=O)c2ccc3[nH]c(=O)[nH]c3c2)c1. The van der Waals surface area contributed by atoms with Crippen molar-refractivity contribution < 1.29 is 4.79 Å². The van der Waals surface area contributed by atoms with Crippen molar-refractivity contribution in [3.05, 3.63) is 63.6 Å². The van der Waals surface area contributed by atoms with E-state index < -0.39 is 0 Å². The van der Waals surface area contributed by atoms with Gasteiger partial charge in [0.25, 0.3) is 0 Å². The standard InChI is InChI=1S/C15H13N3O2/c1-8-2-4-11(16)10(6-8)14(19)9-3-5-12-13(7-9)18-15(20)17-12/h2-7H,16H2,1H3,(H2,17,18,20). The van der Waals surface area contributed by atoms with Gasteiger partial charge in [-0.05, 0) is 37.3 Å². The van der Waals surface area contributed by atoms with Gasteiger partial charge in [0.2, 0.25) is 0 Å². The van der Waals surface area contributed by atoms with Crippen LogP contribution in [0.2, 0.25) is 0 Å². The molecule has 3 aromatic rings. The van der Waals surface area contributed by atoms with E-state index in [4.69, 9.17) is 5.73 Å². The van der Waals surface area contributed by atoms with Gasteiger partial charge < -0.3 is 15.7 Å². The van der Waals surface area contributed by atoms with E-state index in [2.05, 4.69) is 9.97 Å². The number of nitrogens with two attached hydrogens (primary N) is 1. The van der Waals surface area contributed by atoms with E-state index in [1.165, 1.54) is 0 Å². The van der Waals surface area contributed by atoms with E-state index >= 15 is 0 Å². The van der Waals surface area contributed by atoms with Crippen molar-refractivity contribution in [2.24, 2.45) is 0 Å². The summed E-state index contributed by atoms with van der Waals surface area (Å²) in [6, 6.07) is 10.4. The summed E-state index contributed by atoms with van der Waals surface area (Å²) in [7, 11) is 0. The average molecular weight is 267 g/mol. The number of hydrogen-bond acceptors (Lipinski definition) is 3. The number of anilines is 1. The number of fused-ring (bicyclic) bond motifs is 1. The lowest BCUT2D eigenvalue weighted by molar-refractivity contribution is 0.103. The zero-order valence-corrected chi connectivity index (χ0v) is 10.9. The first-order valence-corrected chi connectivity index (χ1v) is 6.17. The molecule has 0 saturated carbocycles. The molecule has 0 spiro atoms. The second-order valence-electron chi connectivity index (χ2n) is 4.76. The lowest BCUT2D eigenvalue weighted by Gasteiger charge is -2.06. The lowest BCUT2D eigenvalue weighted by atomic mass is 9.99. The van der Waals surface area contributed by atoms with Gasteiger partial charge in [0.1, 0.15) is 0 Å². The zero-order valence-electron chi connectivity index (χ0n) is 10.9. The smallest absolute Gasteiger partial charge is 0.323 e. The Morgan fingerprint density at radius 1 is 1.05 bits per heavy atom. The summed E-state index contributed by atoms with van der Waals surface area (Å²) in [5, 5.41) is 0. The van der Waals surface area contributed by atoms with Crippen molar-refractivity contribution in [2.45, 2.75) is 6.92 Å². The minimum absolute atomic E-state index is 0.157. The van der Waals surface area contributed by atoms with Crippen LogP contribution < -0.4 is 11.4 Å². The highest BCUT2D eigenvalue weighted by atomic mass is 16.1. The summed E-state index contributed by atoms with van der Waals surface area (Å²) < 4.78 is 0. The molecule has 0 radical (unpaired) electrons. The van der Waals surface area contributed by atoms with Crippen LogP contribution >= 0.6 is 0 Å². The van der Waals surface area contributed by atoms with Gasteiger partial charge in [0.15, 0.2) is 5.78 Å². The first kappa shape index (κ1) is 12.2. The highest BCUT2D eigenvalue weighted by molar-refractivity contribution is 6.13. The third kappa shape index (κ3) is 1.99. The molecule has 100 valence electrons. The van der Waals surface area contributed by atoms with E-state index in [-0.39, 0.29) is 11.5 Å². The van der Waals surface area contributed by atoms with Crippen molar-refractivity contribution in [2.75, 3.05) is 5.73 Å². The number of aromatic nitrogens is 2. The van der Waals surface area contributed by atoms with Crippen molar-refractivity contribution >= 4 is 22.5 Å². The molecule has 0 aliphatic heterocycles. The maximum atomic E-state index is 12.5. The van der Waals surface area contributed by atoms with E-state index in [1.54, 1.807) is 30.3 Å². The molecule has 4 N–H and O–H groups in total. The van der Waals surface area contributed by atoms with E-state index in [9.17, 15) is 9.59 Å². The summed E-state index contributed by atoms with van der Waals surface area (Å²) in [5.41, 5.74) is 9.23. The molecular weight excluding hydrogens is 254 g/mol. The Balaban J connectivity index is 2.12. The van der Waals surface area contributed by atoms with Gasteiger partial charge in [-0.1, -0.05) is 11.6 Å². The Kier molecular flexibility index (Phi) is 2.68. The number of aryl methyl sites for hydroxylation is 1. The molecule has 0 atom stereocenters. The van der Waals surface area contributed by atoms with Crippen LogP contribution in [0.15, 0.2) is 41.2 Å². The number of nitrogen functional groups attached to an aromatic ring is 1. The number of carbonyl (C=O) groups excluding carboxylic acids is 1. The Labute approximate surface area is 114 Å². The second-order valence-corrected chi connectivity index (χ2v) is 4.76. The van der Waals surface area contributed by atoms with Gasteiger partial charge in [-0.15, -0.1) is 0 Å². The fraction of sp³-hybridized carbons (Fsp3) is 0.0667. The fourth-order valence-corrected chi connectivity index (χ4v) is 2.20. The Morgan fingerprint density at radius 2 is 1.80 bits per heavy atom. The second kappa shape index (κ2) is 4.38. The number of hydrogen-bond donors (Lipinski definition) is 3. The number of aromatic amines is 2. The van der Waals surface area contributed by atoms with Crippen LogP contribution in [0.3, 0.4) is 0 Å². The van der Waals surface area contributed by atoms with Gasteiger partial charge in [0, 0.05) is 16.8 Å². The summed E-state index contributed by atoms with van der Waals surface area (Å²) in [6.07, 6.45) is 0. The summed E-state index contributed by atoms with van der Waals surface area (Å²) in [4.78, 5) is 29.0. The van der Waals surface area contributed by atoms with Crippen LogP contribution in [0.5, 0.6) is 0 Å². The van der Waals surface area contributed by atoms with Crippen molar-refractivity contribution in [3.8, 4) is 0 Å². The van der Waals surface area contributed by atoms with Crippen molar-refractivity contribution in [1.82, 2.24) is 9.97 Å². The first-order valence-electron chi connectivity index (χ1n) is 6.17. The van der Waals surface area contributed by atoms with Crippen LogP contribution in [0.4, 0.5) is 5.69 Å². The Bertz CT molecular complexity index is 874. The van der Waals surface area contributed by atoms with Crippen LogP contribution in [0, 0.1) is 6.92 Å². The molecule has 5 heteroatoms. The van der Waals surface area contributed by atoms with Crippen LogP contribution in [-0.4, -0.2) is 15.8 Å². The molecule has 0 unspecified atom stereocenters. The predicted octanol–water partition coefficient (Wildman–Crippen LogP) is 1.98. The third-order valence-corrected chi connectivity index (χ3v) is 3.23. The molecule has 0 aliphatic carbocycles. The molecule has 0 bridgehead atoms. The minimum atomic E-state index is -0.292. The molecule has 20 heavy (non-hydrogen) atoms. The van der Waals surface area contributed by atoms with E-state index in [0.717, 1.165) is 5.56 Å². The van der Waals surface area contributed by atoms with Gasteiger partial charge in [-0.25, -0.2) is 4.79 Å². The molecule has 0 amide bonds. The average Bonchev–Trinajstić information content (AvgIpc) is 2.79. The first-order chi connectivity index (χ1) is 9.54. The molecule has 0 fully saturated rings. The number of nitrogens with one attached hydrogen (secondary N) is 2. The monoisotopic (exact) mass is 267 g/mol. The number of carbonyl (C=O) groups is 1. The molecule has 0 aliphatic rings. The highest BCUT2D eigenvalue weighted by Crippen LogP contribution is 2.20. The number of benzene rings is 2. The number of H-pyrrole nitrogens is 2. The van der Waals surface area contributed by atoms with Crippen molar-refractivity contribution in [1.29, 1.82) is 0 Å². The normalized spacial score (nSPS) is 10.8. The molecule has 5 nitrogen and oxygen atoms in total. The fourth-order valence-electron chi connectivity index (χ4n) is 2.20. The summed E-state index contributed by atoms with van der Waals surface area (Å²) in [5.74, 6) is -0.157. The Morgan fingerprint density at radius 3 is 2.60 bits per heavy atom. The lowest BCUT2D eigenvalue weighted by Crippen LogP contribution is -2.05. The van der Waals surface area contributed by atoms with Crippen LogP contribution in [0.1, 0.15) is 21.5 Å². The maximum absolute atomic E-state index is 12.5. The molecule has 2 aromatic carbocycles. The minimum Gasteiger partial charge on any atom is -0.398 e. The molecule has 1 aromatic heterocycles. The van der Waals surface area contributed by atoms with Gasteiger partial charge in [-0.2, -0.15) is 0 Å². The van der Waals surface area contributed by atoms with Gasteiger partial charge in [0.05, 0.1) is 11.0 Å². The number of ketones is 1. The predicted molar refractivity (Wildman–Crippen MR) is 77.9 cm³/mol. The van der Waals surface area contributed by atoms with E-state index in [1.807, 2.05) is 13.0 Å². The molecule has 3 rings (SSSR count). The highest BCUT2D eigenvalue weighted by Gasteiger charge is 2.13. The third-order valence-electron chi connectivity index (χ3n) is 3.23. The molecule has 1 heterocycles. The largest absolute Gasteiger partial charge is 0.398 e. The molecular formula is C15H13N3O2. The quantitative estimate of drug-likeness (QED) is 0.489. The zero-order chi connectivity index (χ0) is 14.3. The van der Waals surface area contributed by atoms with E-state index in [0.29, 0.717) is 27.8 Å². The topological polar surface area (TPSA) is 91.7 Å². The van der Waals surface area contributed by atoms with Crippen molar-refractivity contribution in [3.63, 3.8) is 0 Å². The number of rotatable bonds is 2. The van der Waals surface area contributed by atoms with Crippen LogP contribution in [-0.2, 0) is 0 Å². The summed E-state index contributed by atoms with van der Waals surface area (Å²) in [6.45, 7) is 1.91.